The third-order valence-corrected chi connectivity index (χ3v) is 8.48. The van der Waals surface area contributed by atoms with Gasteiger partial charge >= 0.3 is 5.97 Å². The van der Waals surface area contributed by atoms with Crippen molar-refractivity contribution < 1.29 is 22.7 Å². The Balaban J connectivity index is 1.53. The number of hydrogen-bond donors (Lipinski definition) is 1. The number of benzene rings is 1. The molecule has 1 aliphatic carbocycles. The van der Waals surface area contributed by atoms with Crippen LogP contribution < -0.4 is 5.32 Å². The number of carbonyl (C=O) groups is 2. The van der Waals surface area contributed by atoms with Gasteiger partial charge in [-0.15, -0.1) is 0 Å². The normalized spacial score (nSPS) is 18.7. The fourth-order valence-electron chi connectivity index (χ4n) is 4.39. The quantitative estimate of drug-likeness (QED) is 0.537. The van der Waals surface area contributed by atoms with Crippen molar-refractivity contribution >= 4 is 39.2 Å². The molecule has 0 bridgehead atoms. The summed E-state index contributed by atoms with van der Waals surface area (Å²) in [6, 6.07) is 4.27. The molecule has 9 heteroatoms. The Bertz CT molecular complexity index is 892. The maximum absolute atomic E-state index is 13.0. The molecule has 178 valence electrons. The van der Waals surface area contributed by atoms with Crippen LogP contribution in [0.3, 0.4) is 0 Å². The second-order valence-electron chi connectivity index (χ2n) is 8.71. The number of halogens is 1. The van der Waals surface area contributed by atoms with Crippen LogP contribution >= 0.6 is 11.6 Å². The van der Waals surface area contributed by atoms with E-state index in [1.165, 1.54) is 41.8 Å². The first-order valence-electron chi connectivity index (χ1n) is 11.6. The van der Waals surface area contributed by atoms with Crippen LogP contribution in [-0.2, 0) is 24.3 Å². The standard InChI is InChI=1S/C23H33ClN2O5S/c24-20-12-11-19(32(29,30)26-14-6-1-2-7-15-26)16-21(20)25-22(27)17-31-23(28)13-10-18-8-4-3-5-9-18/h11-12,16,18H,1-10,13-15,17H2,(H,25,27). The van der Waals surface area contributed by atoms with E-state index in [4.69, 9.17) is 16.3 Å². The van der Waals surface area contributed by atoms with E-state index < -0.39 is 28.5 Å². The number of nitrogens with zero attached hydrogens (tertiary/aromatic N) is 1. The average molecular weight is 485 g/mol. The van der Waals surface area contributed by atoms with E-state index in [-0.39, 0.29) is 15.6 Å². The van der Waals surface area contributed by atoms with Crippen LogP contribution in [0.5, 0.6) is 0 Å². The van der Waals surface area contributed by atoms with Crippen LogP contribution in [0.2, 0.25) is 5.02 Å². The molecule has 2 fully saturated rings. The zero-order valence-electron chi connectivity index (χ0n) is 18.5. The molecule has 0 radical (unpaired) electrons. The molecule has 1 aromatic rings. The summed E-state index contributed by atoms with van der Waals surface area (Å²) in [5.74, 6) is -0.380. The highest BCUT2D eigenvalue weighted by atomic mass is 35.5. The van der Waals surface area contributed by atoms with Gasteiger partial charge in [0.2, 0.25) is 10.0 Å². The second kappa shape index (κ2) is 12.0. The van der Waals surface area contributed by atoms with Crippen LogP contribution in [0.1, 0.15) is 70.6 Å². The molecule has 1 aliphatic heterocycles. The number of amides is 1. The molecule has 1 saturated carbocycles. The maximum Gasteiger partial charge on any atom is 0.306 e. The predicted octanol–water partition coefficient (Wildman–Crippen LogP) is 4.75. The first-order valence-corrected chi connectivity index (χ1v) is 13.4. The number of sulfonamides is 1. The first kappa shape index (κ1) is 25.0. The summed E-state index contributed by atoms with van der Waals surface area (Å²) in [4.78, 5) is 24.3. The first-order chi connectivity index (χ1) is 15.4. The molecule has 1 heterocycles. The molecule has 0 spiro atoms. The van der Waals surface area contributed by atoms with Gasteiger partial charge in [0, 0.05) is 19.5 Å². The highest BCUT2D eigenvalue weighted by Gasteiger charge is 2.26. The summed E-state index contributed by atoms with van der Waals surface area (Å²) in [6.45, 7) is 0.551. The Morgan fingerprint density at radius 2 is 1.69 bits per heavy atom. The highest BCUT2D eigenvalue weighted by molar-refractivity contribution is 7.89. The van der Waals surface area contributed by atoms with Crippen molar-refractivity contribution in [2.45, 2.75) is 75.5 Å². The SMILES string of the molecule is O=C(COC(=O)CCC1CCCCC1)Nc1cc(S(=O)(=O)N2CCCCCC2)ccc1Cl. The fraction of sp³-hybridized carbons (Fsp3) is 0.652. The zero-order chi connectivity index (χ0) is 23.0. The third-order valence-electron chi connectivity index (χ3n) is 6.26. The van der Waals surface area contributed by atoms with E-state index in [0.29, 0.717) is 25.4 Å². The van der Waals surface area contributed by atoms with Gasteiger partial charge in [0.1, 0.15) is 0 Å². The van der Waals surface area contributed by atoms with Gasteiger partial charge in [0.15, 0.2) is 6.61 Å². The van der Waals surface area contributed by atoms with Gasteiger partial charge in [-0.25, -0.2) is 8.42 Å². The molecule has 7 nitrogen and oxygen atoms in total. The molecular formula is C23H33ClN2O5S. The maximum atomic E-state index is 13.0. The van der Waals surface area contributed by atoms with Crippen molar-refractivity contribution in [3.8, 4) is 0 Å². The summed E-state index contributed by atoms with van der Waals surface area (Å²) in [7, 11) is -3.67. The third kappa shape index (κ3) is 7.18. The highest BCUT2D eigenvalue weighted by Crippen LogP contribution is 2.29. The van der Waals surface area contributed by atoms with E-state index in [2.05, 4.69) is 5.32 Å². The summed E-state index contributed by atoms with van der Waals surface area (Å²) in [6.07, 6.45) is 10.8. The second-order valence-corrected chi connectivity index (χ2v) is 11.1. The lowest BCUT2D eigenvalue weighted by molar-refractivity contribution is -0.147. The summed E-state index contributed by atoms with van der Waals surface area (Å²) >= 11 is 6.17. The minimum absolute atomic E-state index is 0.0866. The van der Waals surface area contributed by atoms with E-state index in [0.717, 1.165) is 44.9 Å². The Morgan fingerprint density at radius 3 is 2.38 bits per heavy atom. The van der Waals surface area contributed by atoms with Gasteiger partial charge in [-0.2, -0.15) is 4.31 Å². The van der Waals surface area contributed by atoms with Crippen molar-refractivity contribution in [2.75, 3.05) is 25.0 Å². The van der Waals surface area contributed by atoms with E-state index in [1.54, 1.807) is 0 Å². The van der Waals surface area contributed by atoms with Crippen LogP contribution in [-0.4, -0.2) is 44.3 Å². The molecule has 3 rings (SSSR count). The van der Waals surface area contributed by atoms with Crippen LogP contribution in [0, 0.1) is 5.92 Å². The summed E-state index contributed by atoms with van der Waals surface area (Å²) < 4.78 is 32.6. The molecule has 2 aliphatic rings. The van der Waals surface area contributed by atoms with Crippen molar-refractivity contribution in [3.63, 3.8) is 0 Å². The Morgan fingerprint density at radius 1 is 1.03 bits per heavy atom. The molecule has 32 heavy (non-hydrogen) atoms. The van der Waals surface area contributed by atoms with Crippen LogP contribution in [0.15, 0.2) is 23.1 Å². The van der Waals surface area contributed by atoms with Crippen molar-refractivity contribution in [1.82, 2.24) is 4.31 Å². The van der Waals surface area contributed by atoms with E-state index in [9.17, 15) is 18.0 Å². The average Bonchev–Trinajstić information content (AvgIpc) is 3.08. The number of rotatable bonds is 8. The number of hydrogen-bond acceptors (Lipinski definition) is 5. The van der Waals surface area contributed by atoms with Gasteiger partial charge in [-0.1, -0.05) is 56.5 Å². The number of anilines is 1. The summed E-state index contributed by atoms with van der Waals surface area (Å²) in [5.41, 5.74) is 0.186. The Labute approximate surface area is 195 Å². The Hall–Kier alpha value is -1.64. The topological polar surface area (TPSA) is 92.8 Å². The van der Waals surface area contributed by atoms with Crippen molar-refractivity contribution in [1.29, 1.82) is 0 Å². The largest absolute Gasteiger partial charge is 0.456 e. The molecule has 0 unspecified atom stereocenters. The lowest BCUT2D eigenvalue weighted by Crippen LogP contribution is -2.32. The minimum atomic E-state index is -3.67. The lowest BCUT2D eigenvalue weighted by atomic mass is 9.86. The van der Waals surface area contributed by atoms with Crippen LogP contribution in [0.4, 0.5) is 5.69 Å². The molecule has 1 saturated heterocycles. The number of nitrogens with one attached hydrogen (secondary N) is 1. The Kier molecular flexibility index (Phi) is 9.37. The van der Waals surface area contributed by atoms with Crippen LogP contribution in [0.25, 0.3) is 0 Å². The minimum Gasteiger partial charge on any atom is -0.456 e. The van der Waals surface area contributed by atoms with Crippen molar-refractivity contribution in [2.24, 2.45) is 5.92 Å². The molecule has 1 N–H and O–H groups in total. The molecular weight excluding hydrogens is 452 g/mol. The number of carbonyl (C=O) groups excluding carboxylic acids is 2. The smallest absolute Gasteiger partial charge is 0.306 e. The van der Waals surface area contributed by atoms with Gasteiger partial charge in [0.25, 0.3) is 5.91 Å². The molecule has 1 aromatic carbocycles. The molecule has 1 amide bonds. The monoisotopic (exact) mass is 484 g/mol. The van der Waals surface area contributed by atoms with Gasteiger partial charge < -0.3 is 10.1 Å². The van der Waals surface area contributed by atoms with Gasteiger partial charge in [-0.05, 0) is 43.4 Å². The van der Waals surface area contributed by atoms with Crippen molar-refractivity contribution in [3.05, 3.63) is 23.2 Å². The van der Waals surface area contributed by atoms with Gasteiger partial charge in [-0.3, -0.25) is 9.59 Å². The van der Waals surface area contributed by atoms with E-state index in [1.807, 2.05) is 0 Å². The van der Waals surface area contributed by atoms with Gasteiger partial charge in [0.05, 0.1) is 15.6 Å². The predicted molar refractivity (Wildman–Crippen MR) is 124 cm³/mol. The molecule has 0 atom stereocenters. The molecule has 0 aromatic heterocycles. The zero-order valence-corrected chi connectivity index (χ0v) is 20.1. The fourth-order valence-corrected chi connectivity index (χ4v) is 6.10. The lowest BCUT2D eigenvalue weighted by Gasteiger charge is -2.21. The van der Waals surface area contributed by atoms with E-state index >= 15 is 0 Å². The number of esters is 1. The summed E-state index contributed by atoms with van der Waals surface area (Å²) in [5, 5.41) is 2.79. The number of ether oxygens (including phenoxy) is 1.